The van der Waals surface area contributed by atoms with Crippen LogP contribution in [0.4, 0.5) is 8.78 Å². The van der Waals surface area contributed by atoms with E-state index >= 15 is 0 Å². The minimum absolute atomic E-state index is 0.0840. The van der Waals surface area contributed by atoms with Crippen molar-refractivity contribution in [3.8, 4) is 5.75 Å². The second-order valence-electron chi connectivity index (χ2n) is 4.60. The first-order valence-corrected chi connectivity index (χ1v) is 7.03. The van der Waals surface area contributed by atoms with Gasteiger partial charge in [-0.25, -0.2) is 8.78 Å². The molecule has 0 heterocycles. The van der Waals surface area contributed by atoms with Crippen molar-refractivity contribution in [2.24, 2.45) is 0 Å². The van der Waals surface area contributed by atoms with E-state index in [-0.39, 0.29) is 18.2 Å². The lowest BCUT2D eigenvalue weighted by atomic mass is 10.2. The Morgan fingerprint density at radius 2 is 1.90 bits per heavy atom. The van der Waals surface area contributed by atoms with Crippen molar-refractivity contribution in [1.29, 1.82) is 0 Å². The van der Waals surface area contributed by atoms with Crippen LogP contribution in [0.5, 0.6) is 5.75 Å². The molecule has 0 radical (unpaired) electrons. The van der Waals surface area contributed by atoms with E-state index in [1.54, 1.807) is 6.07 Å². The number of hydrogen-bond acceptors (Lipinski definition) is 2. The Hall–Kier alpha value is -1.65. The highest BCUT2D eigenvalue weighted by molar-refractivity contribution is 6.31. The fourth-order valence-electron chi connectivity index (χ4n) is 1.89. The molecule has 21 heavy (non-hydrogen) atoms. The Kier molecular flexibility index (Phi) is 5.53. The van der Waals surface area contributed by atoms with Crippen LogP contribution in [0.3, 0.4) is 0 Å². The average molecular weight is 312 g/mol. The topological polar surface area (TPSA) is 21.3 Å². The largest absolute Gasteiger partial charge is 0.489 e. The fourth-order valence-corrected chi connectivity index (χ4v) is 2.06. The molecule has 0 aliphatic carbocycles. The summed E-state index contributed by atoms with van der Waals surface area (Å²) >= 11 is 5.96. The minimum Gasteiger partial charge on any atom is -0.489 e. The van der Waals surface area contributed by atoms with E-state index in [1.807, 2.05) is 6.92 Å². The smallest absolute Gasteiger partial charge is 0.127 e. The number of benzene rings is 2. The molecule has 1 N–H and O–H groups in total. The summed E-state index contributed by atoms with van der Waals surface area (Å²) in [7, 11) is 0. The first-order valence-electron chi connectivity index (χ1n) is 6.65. The van der Waals surface area contributed by atoms with Crippen molar-refractivity contribution >= 4 is 11.6 Å². The highest BCUT2D eigenvalue weighted by Crippen LogP contribution is 2.21. The van der Waals surface area contributed by atoms with Crippen molar-refractivity contribution in [3.05, 3.63) is 64.2 Å². The van der Waals surface area contributed by atoms with Gasteiger partial charge in [-0.2, -0.15) is 0 Å². The quantitative estimate of drug-likeness (QED) is 0.858. The lowest BCUT2D eigenvalue weighted by molar-refractivity contribution is 0.303. The molecule has 0 atom stereocenters. The van der Waals surface area contributed by atoms with E-state index in [4.69, 9.17) is 16.3 Å². The van der Waals surface area contributed by atoms with Gasteiger partial charge in [0.15, 0.2) is 0 Å². The summed E-state index contributed by atoms with van der Waals surface area (Å²) in [5, 5.41) is 3.53. The van der Waals surface area contributed by atoms with E-state index in [2.05, 4.69) is 5.32 Å². The molecular weight excluding hydrogens is 296 g/mol. The van der Waals surface area contributed by atoms with Crippen LogP contribution in [-0.4, -0.2) is 6.54 Å². The summed E-state index contributed by atoms with van der Waals surface area (Å²) in [5.41, 5.74) is 1.31. The normalized spacial score (nSPS) is 10.7. The van der Waals surface area contributed by atoms with Crippen LogP contribution >= 0.6 is 11.6 Å². The second kappa shape index (κ2) is 7.38. The molecule has 0 unspecified atom stereocenters. The third kappa shape index (κ3) is 4.69. The predicted octanol–water partition coefficient (Wildman–Crippen LogP) is 4.31. The lowest BCUT2D eigenvalue weighted by Gasteiger charge is -2.10. The van der Waals surface area contributed by atoms with Crippen molar-refractivity contribution in [2.75, 3.05) is 6.54 Å². The summed E-state index contributed by atoms with van der Waals surface area (Å²) in [4.78, 5) is 0. The van der Waals surface area contributed by atoms with Gasteiger partial charge in [0.1, 0.15) is 24.0 Å². The molecule has 2 nitrogen and oxygen atoms in total. The Labute approximate surface area is 127 Å². The highest BCUT2D eigenvalue weighted by Gasteiger charge is 2.06. The molecule has 2 aromatic rings. The van der Waals surface area contributed by atoms with Gasteiger partial charge in [0, 0.05) is 23.2 Å². The molecule has 0 bridgehead atoms. The Bertz CT molecular complexity index is 619. The van der Waals surface area contributed by atoms with Gasteiger partial charge >= 0.3 is 0 Å². The monoisotopic (exact) mass is 311 g/mol. The molecular formula is C16H16ClF2NO. The van der Waals surface area contributed by atoms with Crippen LogP contribution in [0.1, 0.15) is 18.1 Å². The molecule has 0 spiro atoms. The van der Waals surface area contributed by atoms with Crippen molar-refractivity contribution in [3.63, 3.8) is 0 Å². The van der Waals surface area contributed by atoms with E-state index in [9.17, 15) is 8.78 Å². The Morgan fingerprint density at radius 3 is 2.67 bits per heavy atom. The third-order valence-corrected chi connectivity index (χ3v) is 3.28. The summed E-state index contributed by atoms with van der Waals surface area (Å²) in [6, 6.07) is 8.55. The van der Waals surface area contributed by atoms with Crippen molar-refractivity contribution in [1.82, 2.24) is 5.32 Å². The third-order valence-electron chi connectivity index (χ3n) is 2.91. The number of ether oxygens (including phenoxy) is 1. The fraction of sp³-hybridized carbons (Fsp3) is 0.250. The SMILES string of the molecule is CCNCc1cc(F)cc(OCc2cc(F)ccc2Cl)c1. The summed E-state index contributed by atoms with van der Waals surface area (Å²) in [6.07, 6.45) is 0. The zero-order chi connectivity index (χ0) is 15.2. The van der Waals surface area contributed by atoms with Crippen LogP contribution in [0.15, 0.2) is 36.4 Å². The lowest BCUT2D eigenvalue weighted by Crippen LogP contribution is -2.12. The number of rotatable bonds is 6. The maximum absolute atomic E-state index is 13.5. The van der Waals surface area contributed by atoms with E-state index < -0.39 is 0 Å². The maximum atomic E-state index is 13.5. The van der Waals surface area contributed by atoms with Crippen LogP contribution in [-0.2, 0) is 13.2 Å². The van der Waals surface area contributed by atoms with Gasteiger partial charge in [0.25, 0.3) is 0 Å². The summed E-state index contributed by atoms with van der Waals surface area (Å²) in [6.45, 7) is 3.42. The predicted molar refractivity (Wildman–Crippen MR) is 79.5 cm³/mol. The van der Waals surface area contributed by atoms with Crippen molar-refractivity contribution < 1.29 is 13.5 Å². The maximum Gasteiger partial charge on any atom is 0.127 e. The Balaban J connectivity index is 2.08. The molecule has 0 saturated carbocycles. The number of nitrogens with one attached hydrogen (secondary N) is 1. The molecule has 0 saturated heterocycles. The minimum atomic E-state index is -0.384. The standard InChI is InChI=1S/C16H16ClF2NO/c1-2-20-9-11-5-14(19)8-15(6-11)21-10-12-7-13(18)3-4-16(12)17/h3-8,20H,2,9-10H2,1H3. The molecule has 0 aliphatic rings. The molecule has 0 fully saturated rings. The Morgan fingerprint density at radius 1 is 1.10 bits per heavy atom. The van der Waals surface area contributed by atoms with E-state index in [1.165, 1.54) is 30.3 Å². The molecule has 112 valence electrons. The van der Waals surface area contributed by atoms with E-state index in [0.29, 0.717) is 22.9 Å². The highest BCUT2D eigenvalue weighted by atomic mass is 35.5. The zero-order valence-corrected chi connectivity index (χ0v) is 12.4. The summed E-state index contributed by atoms with van der Waals surface area (Å²) < 4.78 is 32.2. The van der Waals surface area contributed by atoms with Crippen molar-refractivity contribution in [2.45, 2.75) is 20.1 Å². The molecule has 0 aromatic heterocycles. The number of halogens is 3. The molecule has 5 heteroatoms. The van der Waals surface area contributed by atoms with Crippen LogP contribution in [0, 0.1) is 11.6 Å². The van der Waals surface area contributed by atoms with E-state index in [0.717, 1.165) is 12.1 Å². The molecule has 0 aliphatic heterocycles. The van der Waals surface area contributed by atoms with Gasteiger partial charge in [-0.1, -0.05) is 18.5 Å². The van der Waals surface area contributed by atoms with Gasteiger partial charge in [0.05, 0.1) is 0 Å². The van der Waals surface area contributed by atoms with Gasteiger partial charge in [-0.3, -0.25) is 0 Å². The van der Waals surface area contributed by atoms with Crippen LogP contribution in [0.25, 0.3) is 0 Å². The van der Waals surface area contributed by atoms with Gasteiger partial charge in [0.2, 0.25) is 0 Å². The van der Waals surface area contributed by atoms with Gasteiger partial charge in [-0.15, -0.1) is 0 Å². The molecule has 2 aromatic carbocycles. The first-order chi connectivity index (χ1) is 10.1. The first kappa shape index (κ1) is 15.7. The van der Waals surface area contributed by atoms with Crippen LogP contribution < -0.4 is 10.1 Å². The summed E-state index contributed by atoms with van der Waals surface area (Å²) in [5.74, 6) is -0.362. The second-order valence-corrected chi connectivity index (χ2v) is 5.01. The van der Waals surface area contributed by atoms with Gasteiger partial charge < -0.3 is 10.1 Å². The number of hydrogen-bond donors (Lipinski definition) is 1. The average Bonchev–Trinajstić information content (AvgIpc) is 2.45. The van der Waals surface area contributed by atoms with Gasteiger partial charge in [-0.05, 0) is 42.4 Å². The molecule has 0 amide bonds. The molecule has 2 rings (SSSR count). The van der Waals surface area contributed by atoms with Crippen LogP contribution in [0.2, 0.25) is 5.02 Å². The zero-order valence-electron chi connectivity index (χ0n) is 11.6.